The van der Waals surface area contributed by atoms with E-state index in [-0.39, 0.29) is 0 Å². The zero-order chi connectivity index (χ0) is 16.4. The molecule has 120 valence electrons. The van der Waals surface area contributed by atoms with Crippen LogP contribution >= 0.6 is 0 Å². The Labute approximate surface area is 145 Å². The molecule has 0 bridgehead atoms. The topological polar surface area (TPSA) is 0 Å². The summed E-state index contributed by atoms with van der Waals surface area (Å²) in [5.41, 5.74) is 6.01. The van der Waals surface area contributed by atoms with Crippen LogP contribution in [0, 0.1) is 0 Å². The first kappa shape index (κ1) is 15.2. The van der Waals surface area contributed by atoms with Gasteiger partial charge in [-0.1, -0.05) is 91.9 Å². The van der Waals surface area contributed by atoms with Crippen molar-refractivity contribution in [1.29, 1.82) is 0 Å². The standard InChI is InChI=1S/C24H24/c1-18(19-10-4-2-5-11-19)16-21-17-24(20-12-6-3-7-13-20)23-15-9-8-14-22(21)23/h2-15,18,21,24H,16-17H2,1H3. The van der Waals surface area contributed by atoms with E-state index in [9.17, 15) is 0 Å². The Bertz CT molecular complexity index is 787. The highest BCUT2D eigenvalue weighted by Gasteiger charge is 2.32. The average molecular weight is 312 g/mol. The van der Waals surface area contributed by atoms with Gasteiger partial charge < -0.3 is 0 Å². The molecule has 24 heavy (non-hydrogen) atoms. The molecule has 0 saturated carbocycles. The van der Waals surface area contributed by atoms with E-state index in [1.807, 2.05) is 0 Å². The molecule has 0 N–H and O–H groups in total. The highest BCUT2D eigenvalue weighted by Crippen LogP contribution is 2.48. The number of hydrogen-bond donors (Lipinski definition) is 0. The molecule has 0 heterocycles. The summed E-state index contributed by atoms with van der Waals surface area (Å²) in [6.07, 6.45) is 2.46. The fourth-order valence-electron chi connectivity index (χ4n) is 4.31. The van der Waals surface area contributed by atoms with E-state index in [1.165, 1.54) is 29.5 Å². The maximum absolute atomic E-state index is 2.37. The van der Waals surface area contributed by atoms with Crippen LogP contribution in [0.5, 0.6) is 0 Å². The van der Waals surface area contributed by atoms with Crippen LogP contribution in [0.4, 0.5) is 0 Å². The maximum Gasteiger partial charge on any atom is 0.00979 e. The number of benzene rings is 3. The summed E-state index contributed by atoms with van der Waals surface area (Å²) in [7, 11) is 0. The maximum atomic E-state index is 2.37. The fourth-order valence-corrected chi connectivity index (χ4v) is 4.31. The molecule has 3 aromatic rings. The van der Waals surface area contributed by atoms with Gasteiger partial charge in [-0.05, 0) is 46.9 Å². The van der Waals surface area contributed by atoms with Crippen LogP contribution in [0.25, 0.3) is 0 Å². The van der Waals surface area contributed by atoms with Gasteiger partial charge in [0.2, 0.25) is 0 Å². The molecule has 3 aromatic carbocycles. The van der Waals surface area contributed by atoms with Crippen LogP contribution in [0.3, 0.4) is 0 Å². The first-order valence-electron chi connectivity index (χ1n) is 9.01. The molecule has 0 radical (unpaired) electrons. The minimum atomic E-state index is 0.551. The van der Waals surface area contributed by atoms with Crippen molar-refractivity contribution in [2.24, 2.45) is 0 Å². The van der Waals surface area contributed by atoms with Crippen molar-refractivity contribution in [3.8, 4) is 0 Å². The van der Waals surface area contributed by atoms with E-state index in [4.69, 9.17) is 0 Å². The van der Waals surface area contributed by atoms with Gasteiger partial charge in [0.1, 0.15) is 0 Å². The molecular weight excluding hydrogens is 288 g/mol. The van der Waals surface area contributed by atoms with Crippen molar-refractivity contribution < 1.29 is 0 Å². The molecule has 0 aliphatic heterocycles. The van der Waals surface area contributed by atoms with Gasteiger partial charge in [-0.25, -0.2) is 0 Å². The van der Waals surface area contributed by atoms with Crippen LogP contribution in [-0.2, 0) is 0 Å². The van der Waals surface area contributed by atoms with Gasteiger partial charge in [-0.15, -0.1) is 0 Å². The Balaban J connectivity index is 1.61. The summed E-state index contributed by atoms with van der Waals surface area (Å²) in [5, 5.41) is 0. The third-order valence-corrected chi connectivity index (χ3v) is 5.54. The average Bonchev–Trinajstić information content (AvgIpc) is 3.02. The highest BCUT2D eigenvalue weighted by molar-refractivity contribution is 5.45. The minimum absolute atomic E-state index is 0.551. The van der Waals surface area contributed by atoms with Gasteiger partial charge in [-0.3, -0.25) is 0 Å². The largest absolute Gasteiger partial charge is 0.0622 e. The SMILES string of the molecule is CC(CC1CC(c2ccccc2)c2ccccc21)c1ccccc1. The van der Waals surface area contributed by atoms with E-state index in [2.05, 4.69) is 91.9 Å². The lowest BCUT2D eigenvalue weighted by Gasteiger charge is -2.18. The summed E-state index contributed by atoms with van der Waals surface area (Å²) in [6, 6.07) is 31.0. The van der Waals surface area contributed by atoms with E-state index in [1.54, 1.807) is 5.56 Å². The molecule has 4 rings (SSSR count). The first-order chi connectivity index (χ1) is 11.8. The van der Waals surface area contributed by atoms with Crippen LogP contribution in [0.1, 0.15) is 59.8 Å². The first-order valence-corrected chi connectivity index (χ1v) is 9.01. The van der Waals surface area contributed by atoms with Crippen molar-refractivity contribution in [2.45, 2.75) is 37.5 Å². The second-order valence-corrected chi connectivity index (χ2v) is 7.07. The molecule has 1 aliphatic carbocycles. The summed E-state index contributed by atoms with van der Waals surface area (Å²) in [6.45, 7) is 2.37. The lowest BCUT2D eigenvalue weighted by Crippen LogP contribution is -2.02. The predicted octanol–water partition coefficient (Wildman–Crippen LogP) is 6.50. The molecule has 0 saturated heterocycles. The van der Waals surface area contributed by atoms with E-state index >= 15 is 0 Å². The molecule has 3 unspecified atom stereocenters. The van der Waals surface area contributed by atoms with Crippen LogP contribution in [-0.4, -0.2) is 0 Å². The molecule has 0 spiro atoms. The summed E-state index contributed by atoms with van der Waals surface area (Å²) in [4.78, 5) is 0. The summed E-state index contributed by atoms with van der Waals surface area (Å²) >= 11 is 0. The van der Waals surface area contributed by atoms with Crippen molar-refractivity contribution in [1.82, 2.24) is 0 Å². The number of hydrogen-bond acceptors (Lipinski definition) is 0. The zero-order valence-corrected chi connectivity index (χ0v) is 14.2. The van der Waals surface area contributed by atoms with Crippen LogP contribution in [0.2, 0.25) is 0 Å². The molecule has 1 aliphatic rings. The molecular formula is C24H24. The fraction of sp³-hybridized carbons (Fsp3) is 0.250. The van der Waals surface area contributed by atoms with Gasteiger partial charge in [0, 0.05) is 5.92 Å². The molecule has 0 fully saturated rings. The van der Waals surface area contributed by atoms with Gasteiger partial charge >= 0.3 is 0 Å². The molecule has 0 aromatic heterocycles. The Morgan fingerprint density at radius 3 is 2.04 bits per heavy atom. The Kier molecular flexibility index (Phi) is 4.21. The van der Waals surface area contributed by atoms with E-state index in [0.29, 0.717) is 17.8 Å². The monoisotopic (exact) mass is 312 g/mol. The lowest BCUT2D eigenvalue weighted by molar-refractivity contribution is 0.537. The smallest absolute Gasteiger partial charge is 0.00979 e. The summed E-state index contributed by atoms with van der Waals surface area (Å²) in [5.74, 6) is 1.80. The minimum Gasteiger partial charge on any atom is -0.0622 e. The van der Waals surface area contributed by atoms with Gasteiger partial charge in [-0.2, -0.15) is 0 Å². The second-order valence-electron chi connectivity index (χ2n) is 7.07. The molecule has 0 heteroatoms. The predicted molar refractivity (Wildman–Crippen MR) is 102 cm³/mol. The van der Waals surface area contributed by atoms with Crippen molar-refractivity contribution in [3.63, 3.8) is 0 Å². The quantitative estimate of drug-likeness (QED) is 0.516. The zero-order valence-electron chi connectivity index (χ0n) is 14.2. The number of fused-ring (bicyclic) bond motifs is 1. The van der Waals surface area contributed by atoms with Gasteiger partial charge in [0.25, 0.3) is 0 Å². The molecule has 0 nitrogen and oxygen atoms in total. The third-order valence-electron chi connectivity index (χ3n) is 5.54. The van der Waals surface area contributed by atoms with Crippen molar-refractivity contribution in [3.05, 3.63) is 107 Å². The van der Waals surface area contributed by atoms with Gasteiger partial charge in [0.15, 0.2) is 0 Å². The van der Waals surface area contributed by atoms with Crippen LogP contribution < -0.4 is 0 Å². The van der Waals surface area contributed by atoms with Crippen molar-refractivity contribution in [2.75, 3.05) is 0 Å². The normalized spacial score (nSPS) is 20.5. The van der Waals surface area contributed by atoms with E-state index < -0.39 is 0 Å². The third kappa shape index (κ3) is 2.89. The second kappa shape index (κ2) is 6.65. The Morgan fingerprint density at radius 1 is 0.750 bits per heavy atom. The van der Waals surface area contributed by atoms with E-state index in [0.717, 1.165) is 0 Å². The molecule has 3 atom stereocenters. The Morgan fingerprint density at radius 2 is 1.33 bits per heavy atom. The lowest BCUT2D eigenvalue weighted by atomic mass is 9.86. The molecule has 0 amide bonds. The Hall–Kier alpha value is -2.34. The van der Waals surface area contributed by atoms with Gasteiger partial charge in [0.05, 0.1) is 0 Å². The number of rotatable bonds is 4. The van der Waals surface area contributed by atoms with Crippen LogP contribution in [0.15, 0.2) is 84.9 Å². The summed E-state index contributed by atoms with van der Waals surface area (Å²) < 4.78 is 0. The van der Waals surface area contributed by atoms with Crippen molar-refractivity contribution >= 4 is 0 Å². The highest BCUT2D eigenvalue weighted by atomic mass is 14.4.